The molecule has 3 fully saturated rings. The number of piperazine rings is 1. The molecule has 0 spiro atoms. The Morgan fingerprint density at radius 2 is 1.60 bits per heavy atom. The number of hydrogen-bond acceptors (Lipinski definition) is 5. The van der Waals surface area contributed by atoms with E-state index in [1.54, 1.807) is 14.2 Å². The fourth-order valence-electron chi connectivity index (χ4n) is 5.56. The maximum Gasteiger partial charge on any atom is 0.237 e. The molecule has 1 aromatic carbocycles. The Labute approximate surface area is 181 Å². The summed E-state index contributed by atoms with van der Waals surface area (Å²) in [4.78, 5) is 20.1. The van der Waals surface area contributed by atoms with Gasteiger partial charge in [-0.05, 0) is 49.3 Å². The fourth-order valence-corrected chi connectivity index (χ4v) is 5.56. The van der Waals surface area contributed by atoms with Crippen LogP contribution in [0.5, 0.6) is 11.5 Å². The molecule has 0 N–H and O–H groups in total. The van der Waals surface area contributed by atoms with Crippen LogP contribution in [0.25, 0.3) is 0 Å². The van der Waals surface area contributed by atoms with Gasteiger partial charge in [0.2, 0.25) is 5.91 Å². The summed E-state index contributed by atoms with van der Waals surface area (Å²) >= 11 is 0. The first-order valence-corrected chi connectivity index (χ1v) is 11.6. The van der Waals surface area contributed by atoms with E-state index in [2.05, 4.69) is 26.8 Å². The van der Waals surface area contributed by atoms with Crippen LogP contribution in [0.4, 0.5) is 0 Å². The number of fused-ring (bicyclic) bond motifs is 1. The van der Waals surface area contributed by atoms with E-state index < -0.39 is 0 Å². The van der Waals surface area contributed by atoms with Crippen LogP contribution >= 0.6 is 0 Å². The predicted octanol–water partition coefficient (Wildman–Crippen LogP) is 3.00. The summed E-state index contributed by atoms with van der Waals surface area (Å²) in [6.07, 6.45) is 7.69. The lowest BCUT2D eigenvalue weighted by Crippen LogP contribution is -2.54. The topological polar surface area (TPSA) is 45.2 Å². The summed E-state index contributed by atoms with van der Waals surface area (Å²) in [6.45, 7) is 6.37. The van der Waals surface area contributed by atoms with Crippen LogP contribution in [0, 0.1) is 5.92 Å². The minimum atomic E-state index is 0.361. The van der Waals surface area contributed by atoms with Crippen LogP contribution in [0.2, 0.25) is 0 Å². The third-order valence-corrected chi connectivity index (χ3v) is 7.24. The molecule has 0 aromatic heterocycles. The van der Waals surface area contributed by atoms with E-state index in [1.807, 2.05) is 6.07 Å². The van der Waals surface area contributed by atoms with Gasteiger partial charge in [-0.15, -0.1) is 0 Å². The number of hydrogen-bond donors (Lipinski definition) is 0. The molecule has 30 heavy (non-hydrogen) atoms. The van der Waals surface area contributed by atoms with Gasteiger partial charge in [0.15, 0.2) is 11.5 Å². The van der Waals surface area contributed by atoms with E-state index in [1.165, 1.54) is 44.1 Å². The zero-order valence-electron chi connectivity index (χ0n) is 18.6. The number of rotatable bonds is 6. The van der Waals surface area contributed by atoms with Gasteiger partial charge in [-0.25, -0.2) is 0 Å². The highest BCUT2D eigenvalue weighted by Gasteiger charge is 2.36. The highest BCUT2D eigenvalue weighted by molar-refractivity contribution is 5.78. The Morgan fingerprint density at radius 3 is 2.37 bits per heavy atom. The minimum absolute atomic E-state index is 0.361. The molecule has 1 amide bonds. The predicted molar refractivity (Wildman–Crippen MR) is 118 cm³/mol. The highest BCUT2D eigenvalue weighted by atomic mass is 16.5. The van der Waals surface area contributed by atoms with E-state index in [4.69, 9.17) is 9.47 Å². The van der Waals surface area contributed by atoms with Crippen LogP contribution in [-0.4, -0.2) is 80.1 Å². The third kappa shape index (κ3) is 4.92. The number of amides is 1. The number of piperidine rings is 1. The Kier molecular flexibility index (Phi) is 7.16. The first-order chi connectivity index (χ1) is 14.7. The highest BCUT2D eigenvalue weighted by Crippen LogP contribution is 2.35. The first-order valence-electron chi connectivity index (χ1n) is 11.6. The fraction of sp³-hybridized carbons (Fsp3) is 0.708. The lowest BCUT2D eigenvalue weighted by atomic mass is 9.78. The molecule has 0 bridgehead atoms. The molecule has 3 aliphatic rings. The summed E-state index contributed by atoms with van der Waals surface area (Å²) in [5.74, 6) is 2.67. The molecule has 1 aromatic rings. The number of ether oxygens (including phenoxy) is 2. The first kappa shape index (κ1) is 21.4. The maximum absolute atomic E-state index is 13.1. The van der Waals surface area contributed by atoms with Gasteiger partial charge < -0.3 is 14.4 Å². The molecule has 2 atom stereocenters. The number of nitrogens with zero attached hydrogens (tertiary/aromatic N) is 3. The normalized spacial score (nSPS) is 25.6. The van der Waals surface area contributed by atoms with Gasteiger partial charge in [0.05, 0.1) is 20.8 Å². The second-order valence-electron chi connectivity index (χ2n) is 9.08. The molecule has 4 rings (SSSR count). The quantitative estimate of drug-likeness (QED) is 0.715. The second kappa shape index (κ2) is 10.0. The molecule has 0 radical (unpaired) electrons. The van der Waals surface area contributed by atoms with Crippen molar-refractivity contribution in [3.05, 3.63) is 23.8 Å². The van der Waals surface area contributed by atoms with E-state index >= 15 is 0 Å². The number of carbonyl (C=O) groups excluding carboxylic acids is 1. The Balaban J connectivity index is 1.26. The molecule has 1 saturated carbocycles. The molecule has 6 heteroatoms. The zero-order valence-corrected chi connectivity index (χ0v) is 18.6. The Hall–Kier alpha value is -1.79. The van der Waals surface area contributed by atoms with Gasteiger partial charge in [0.25, 0.3) is 0 Å². The maximum atomic E-state index is 13.1. The van der Waals surface area contributed by atoms with Crippen molar-refractivity contribution in [1.29, 1.82) is 0 Å². The van der Waals surface area contributed by atoms with Crippen molar-refractivity contribution in [3.63, 3.8) is 0 Å². The van der Waals surface area contributed by atoms with Crippen molar-refractivity contribution in [2.24, 2.45) is 5.92 Å². The number of likely N-dealkylation sites (tertiary alicyclic amines) is 1. The molecule has 2 saturated heterocycles. The summed E-state index contributed by atoms with van der Waals surface area (Å²) < 4.78 is 10.8. The van der Waals surface area contributed by atoms with Gasteiger partial charge in [0, 0.05) is 45.3 Å². The SMILES string of the molecule is COc1ccc(CN2CCN(CC(=O)N3CCC[C@H]4CCCC[C@H]43)CC2)cc1OC. The van der Waals surface area contributed by atoms with Crippen molar-refractivity contribution in [2.75, 3.05) is 53.5 Å². The van der Waals surface area contributed by atoms with Gasteiger partial charge in [-0.2, -0.15) is 0 Å². The van der Waals surface area contributed by atoms with Crippen molar-refractivity contribution in [3.8, 4) is 11.5 Å². The molecule has 1 aliphatic carbocycles. The minimum Gasteiger partial charge on any atom is -0.493 e. The largest absolute Gasteiger partial charge is 0.493 e. The molecule has 0 unspecified atom stereocenters. The molecule has 6 nitrogen and oxygen atoms in total. The van der Waals surface area contributed by atoms with E-state index in [0.29, 0.717) is 18.5 Å². The molecule has 2 heterocycles. The molecule has 2 aliphatic heterocycles. The summed E-state index contributed by atoms with van der Waals surface area (Å²) in [5.41, 5.74) is 1.23. The number of benzene rings is 1. The smallest absolute Gasteiger partial charge is 0.237 e. The van der Waals surface area contributed by atoms with Crippen molar-refractivity contribution < 1.29 is 14.3 Å². The van der Waals surface area contributed by atoms with Crippen molar-refractivity contribution >= 4 is 5.91 Å². The second-order valence-corrected chi connectivity index (χ2v) is 9.08. The molecular formula is C24H37N3O3. The average Bonchev–Trinajstić information content (AvgIpc) is 2.79. The Bertz CT molecular complexity index is 716. The van der Waals surface area contributed by atoms with E-state index in [9.17, 15) is 4.79 Å². The monoisotopic (exact) mass is 415 g/mol. The van der Waals surface area contributed by atoms with Crippen LogP contribution in [0.1, 0.15) is 44.1 Å². The standard InChI is InChI=1S/C24H37N3O3/c1-29-22-10-9-19(16-23(22)30-2)17-25-12-14-26(15-13-25)18-24(28)27-11-5-7-20-6-3-4-8-21(20)27/h9-10,16,20-21H,3-8,11-15,17-18H2,1-2H3/t20-,21-/m1/s1. The van der Waals surface area contributed by atoms with Crippen molar-refractivity contribution in [2.45, 2.75) is 51.1 Å². The lowest BCUT2D eigenvalue weighted by Gasteiger charge is -2.45. The lowest BCUT2D eigenvalue weighted by molar-refractivity contribution is -0.139. The van der Waals surface area contributed by atoms with Gasteiger partial charge in [0.1, 0.15) is 0 Å². The van der Waals surface area contributed by atoms with E-state index in [-0.39, 0.29) is 0 Å². The van der Waals surface area contributed by atoms with Crippen molar-refractivity contribution in [1.82, 2.24) is 14.7 Å². The average molecular weight is 416 g/mol. The van der Waals surface area contributed by atoms with Crippen LogP contribution in [0.3, 0.4) is 0 Å². The van der Waals surface area contributed by atoms with Crippen LogP contribution < -0.4 is 9.47 Å². The van der Waals surface area contributed by atoms with Gasteiger partial charge in [-0.1, -0.05) is 18.9 Å². The number of carbonyl (C=O) groups is 1. The summed E-state index contributed by atoms with van der Waals surface area (Å²) in [7, 11) is 3.34. The molecule has 166 valence electrons. The summed E-state index contributed by atoms with van der Waals surface area (Å²) in [5, 5.41) is 0. The third-order valence-electron chi connectivity index (χ3n) is 7.24. The van der Waals surface area contributed by atoms with Gasteiger partial charge >= 0.3 is 0 Å². The zero-order chi connectivity index (χ0) is 20.9. The summed E-state index contributed by atoms with van der Waals surface area (Å²) in [6, 6.07) is 6.66. The van der Waals surface area contributed by atoms with Gasteiger partial charge in [-0.3, -0.25) is 14.6 Å². The van der Waals surface area contributed by atoms with Crippen LogP contribution in [-0.2, 0) is 11.3 Å². The number of methoxy groups -OCH3 is 2. The molecular weight excluding hydrogens is 378 g/mol. The Morgan fingerprint density at radius 1 is 0.900 bits per heavy atom. The van der Waals surface area contributed by atoms with E-state index in [0.717, 1.165) is 56.7 Å². The van der Waals surface area contributed by atoms with Crippen LogP contribution in [0.15, 0.2) is 18.2 Å².